The number of aromatic nitrogens is 2. The Morgan fingerprint density at radius 3 is 2.59 bits per heavy atom. The van der Waals surface area contributed by atoms with Crippen LogP contribution in [0, 0.1) is 0 Å². The molecule has 2 N–H and O–H groups in total. The Kier molecular flexibility index (Phi) is 6.28. The van der Waals surface area contributed by atoms with Crippen LogP contribution >= 0.6 is 0 Å². The topological polar surface area (TPSA) is 64.5 Å². The number of hydrogen-bond acceptors (Lipinski definition) is 6. The molecule has 3 heterocycles. The van der Waals surface area contributed by atoms with Gasteiger partial charge in [-0.3, -0.25) is 4.90 Å². The van der Waals surface area contributed by atoms with Gasteiger partial charge in [0.1, 0.15) is 18.0 Å². The molecule has 1 fully saturated rings. The Balaban J connectivity index is 1.24. The van der Waals surface area contributed by atoms with Crippen LogP contribution < -0.4 is 10.2 Å². The molecule has 178 valence electrons. The van der Waals surface area contributed by atoms with Crippen molar-refractivity contribution >= 4 is 17.3 Å². The summed E-state index contributed by atoms with van der Waals surface area (Å²) in [6, 6.07) is 19.3. The van der Waals surface area contributed by atoms with Gasteiger partial charge in [0.25, 0.3) is 0 Å². The highest BCUT2D eigenvalue weighted by Crippen LogP contribution is 2.29. The van der Waals surface area contributed by atoms with Crippen molar-refractivity contribution in [3.63, 3.8) is 0 Å². The second kappa shape index (κ2) is 9.35. The maximum atomic E-state index is 11.1. The van der Waals surface area contributed by atoms with E-state index in [0.717, 1.165) is 49.8 Å². The van der Waals surface area contributed by atoms with Gasteiger partial charge in [-0.25, -0.2) is 9.97 Å². The summed E-state index contributed by atoms with van der Waals surface area (Å²) in [6.07, 6.45) is 3.17. The second-order valence-electron chi connectivity index (χ2n) is 10.6. The summed E-state index contributed by atoms with van der Waals surface area (Å²) >= 11 is 0. The normalized spacial score (nSPS) is 21.2. The number of fused-ring (bicyclic) bond motifs is 1. The van der Waals surface area contributed by atoms with Crippen LogP contribution in [0.4, 0.5) is 17.3 Å². The Morgan fingerprint density at radius 2 is 1.79 bits per heavy atom. The molecule has 5 rings (SSSR count). The van der Waals surface area contributed by atoms with Gasteiger partial charge in [0.15, 0.2) is 0 Å². The van der Waals surface area contributed by atoms with Crippen molar-refractivity contribution in [2.75, 3.05) is 29.9 Å². The third kappa shape index (κ3) is 4.93. The van der Waals surface area contributed by atoms with Crippen molar-refractivity contribution in [1.29, 1.82) is 0 Å². The van der Waals surface area contributed by atoms with E-state index in [0.29, 0.717) is 6.54 Å². The predicted octanol–water partition coefficient (Wildman–Crippen LogP) is 4.52. The van der Waals surface area contributed by atoms with E-state index in [1.54, 1.807) is 6.33 Å². The lowest BCUT2D eigenvalue weighted by molar-refractivity contribution is 0.0293. The highest BCUT2D eigenvalue weighted by molar-refractivity contribution is 5.60. The first-order chi connectivity index (χ1) is 16.4. The zero-order valence-corrected chi connectivity index (χ0v) is 20.4. The highest BCUT2D eigenvalue weighted by atomic mass is 16.3. The number of anilines is 3. The molecular weight excluding hydrogens is 422 g/mol. The molecule has 2 unspecified atom stereocenters. The molecule has 2 aliphatic heterocycles. The third-order valence-corrected chi connectivity index (χ3v) is 7.15. The fourth-order valence-corrected chi connectivity index (χ4v) is 5.15. The first kappa shape index (κ1) is 22.8. The number of hydrogen-bond donors (Lipinski definition) is 2. The largest absolute Gasteiger partial charge is 0.390 e. The van der Waals surface area contributed by atoms with Gasteiger partial charge in [-0.15, -0.1) is 0 Å². The molecule has 2 atom stereocenters. The fourth-order valence-electron chi connectivity index (χ4n) is 5.15. The number of aliphatic hydroxyl groups is 1. The van der Waals surface area contributed by atoms with E-state index in [2.05, 4.69) is 94.4 Å². The van der Waals surface area contributed by atoms with Crippen LogP contribution in [0.1, 0.15) is 43.9 Å². The minimum Gasteiger partial charge on any atom is -0.390 e. The van der Waals surface area contributed by atoms with Crippen LogP contribution in [0.3, 0.4) is 0 Å². The number of rotatable bonds is 4. The van der Waals surface area contributed by atoms with Gasteiger partial charge >= 0.3 is 0 Å². The molecule has 0 saturated carbocycles. The Bertz CT molecular complexity index is 1140. The van der Waals surface area contributed by atoms with Gasteiger partial charge in [-0.2, -0.15) is 0 Å². The lowest BCUT2D eigenvalue weighted by Gasteiger charge is -2.43. The minimum absolute atomic E-state index is 0.0887. The molecule has 6 heteroatoms. The molecular formula is C28H35N5O. The average Bonchev–Trinajstić information content (AvgIpc) is 2.83. The van der Waals surface area contributed by atoms with Crippen molar-refractivity contribution in [2.45, 2.75) is 57.7 Å². The first-order valence-electron chi connectivity index (χ1n) is 12.3. The highest BCUT2D eigenvalue weighted by Gasteiger charge is 2.34. The summed E-state index contributed by atoms with van der Waals surface area (Å²) in [4.78, 5) is 13.6. The number of β-amino-alcohol motifs (C(OH)–C–C–N with tert-alkyl or cyclic N) is 1. The molecule has 0 amide bonds. The van der Waals surface area contributed by atoms with Crippen LogP contribution in [0.25, 0.3) is 0 Å². The van der Waals surface area contributed by atoms with Crippen molar-refractivity contribution in [3.8, 4) is 0 Å². The lowest BCUT2D eigenvalue weighted by atomic mass is 9.87. The summed E-state index contributed by atoms with van der Waals surface area (Å²) in [5.41, 5.74) is 5.22. The first-order valence-corrected chi connectivity index (χ1v) is 12.3. The van der Waals surface area contributed by atoms with E-state index in [4.69, 9.17) is 0 Å². The van der Waals surface area contributed by atoms with E-state index in [-0.39, 0.29) is 11.5 Å². The Morgan fingerprint density at radius 1 is 0.971 bits per heavy atom. The predicted molar refractivity (Wildman–Crippen MR) is 138 cm³/mol. The van der Waals surface area contributed by atoms with E-state index in [1.165, 1.54) is 16.7 Å². The van der Waals surface area contributed by atoms with E-state index in [1.807, 2.05) is 6.07 Å². The lowest BCUT2D eigenvalue weighted by Crippen LogP contribution is -2.55. The van der Waals surface area contributed by atoms with Gasteiger partial charge in [-0.1, -0.05) is 57.2 Å². The quantitative estimate of drug-likeness (QED) is 0.601. The molecule has 1 aromatic heterocycles. The molecule has 34 heavy (non-hydrogen) atoms. The summed E-state index contributed by atoms with van der Waals surface area (Å²) in [7, 11) is 0. The van der Waals surface area contributed by atoms with Crippen LogP contribution in [-0.2, 0) is 18.4 Å². The second-order valence-corrected chi connectivity index (χ2v) is 10.6. The maximum Gasteiger partial charge on any atom is 0.135 e. The van der Waals surface area contributed by atoms with Gasteiger partial charge in [0, 0.05) is 44.0 Å². The third-order valence-electron chi connectivity index (χ3n) is 7.15. The summed E-state index contributed by atoms with van der Waals surface area (Å²) in [5, 5.41) is 14.5. The smallest absolute Gasteiger partial charge is 0.135 e. The Labute approximate surface area is 202 Å². The van der Waals surface area contributed by atoms with Crippen molar-refractivity contribution < 1.29 is 5.11 Å². The van der Waals surface area contributed by atoms with E-state index in [9.17, 15) is 5.11 Å². The van der Waals surface area contributed by atoms with Gasteiger partial charge in [-0.05, 0) is 47.1 Å². The molecule has 1 saturated heterocycles. The summed E-state index contributed by atoms with van der Waals surface area (Å²) in [6.45, 7) is 10.0. The molecule has 6 nitrogen and oxygen atoms in total. The zero-order chi connectivity index (χ0) is 23.7. The molecule has 0 aliphatic carbocycles. The Hall–Kier alpha value is -2.96. The SMILES string of the molecule is CC(C)(C)c1cccc(Nc2cc(N3CCC(N4CCc5ccccc5C4)C(O)C3)ncn2)c1. The summed E-state index contributed by atoms with van der Waals surface area (Å²) in [5.74, 6) is 1.62. The maximum absolute atomic E-state index is 11.1. The minimum atomic E-state index is -0.408. The number of nitrogens with zero attached hydrogens (tertiary/aromatic N) is 4. The number of piperidine rings is 1. The van der Waals surface area contributed by atoms with Crippen molar-refractivity contribution in [2.24, 2.45) is 0 Å². The molecule has 0 spiro atoms. The molecule has 0 bridgehead atoms. The van der Waals surface area contributed by atoms with Gasteiger partial charge in [0.05, 0.1) is 6.10 Å². The molecule has 2 aromatic carbocycles. The average molecular weight is 458 g/mol. The number of nitrogens with one attached hydrogen (secondary N) is 1. The monoisotopic (exact) mass is 457 g/mol. The molecule has 3 aromatic rings. The van der Waals surface area contributed by atoms with Crippen molar-refractivity contribution in [3.05, 3.63) is 77.6 Å². The number of benzene rings is 2. The van der Waals surface area contributed by atoms with Crippen LogP contribution in [0.5, 0.6) is 0 Å². The van der Waals surface area contributed by atoms with Gasteiger partial charge in [0.2, 0.25) is 0 Å². The standard InChI is InChI=1S/C28H35N5O/c1-28(2,3)22-9-6-10-23(15-22)31-26-16-27(30-19-29-26)33-14-12-24(25(34)18-33)32-13-11-20-7-4-5-8-21(20)17-32/h4-10,15-16,19,24-25,34H,11-14,17-18H2,1-3H3,(H,29,30,31). The van der Waals surface area contributed by atoms with Crippen molar-refractivity contribution in [1.82, 2.24) is 14.9 Å². The molecule has 2 aliphatic rings. The zero-order valence-electron chi connectivity index (χ0n) is 20.4. The molecule has 0 radical (unpaired) electrons. The van der Waals surface area contributed by atoms with E-state index >= 15 is 0 Å². The van der Waals surface area contributed by atoms with Crippen LogP contribution in [-0.4, -0.2) is 51.8 Å². The fraction of sp³-hybridized carbons (Fsp3) is 0.429. The van der Waals surface area contributed by atoms with Gasteiger partial charge < -0.3 is 15.3 Å². The van der Waals surface area contributed by atoms with Crippen LogP contribution in [0.2, 0.25) is 0 Å². The number of aliphatic hydroxyl groups excluding tert-OH is 1. The summed E-state index contributed by atoms with van der Waals surface area (Å²) < 4.78 is 0. The van der Waals surface area contributed by atoms with Crippen LogP contribution in [0.15, 0.2) is 60.9 Å². The van der Waals surface area contributed by atoms with E-state index < -0.39 is 6.10 Å².